The van der Waals surface area contributed by atoms with Gasteiger partial charge in [-0.3, -0.25) is 4.79 Å². The van der Waals surface area contributed by atoms with Crippen LogP contribution in [-0.4, -0.2) is 29.9 Å². The van der Waals surface area contributed by atoms with Gasteiger partial charge in [-0.05, 0) is 41.8 Å². The number of carbonyl (C=O) groups is 1. The number of phenolic OH excluding ortho intramolecular Hbond substituents is 1. The molecule has 0 atom stereocenters. The molecule has 0 aliphatic carbocycles. The molecule has 0 aliphatic heterocycles. The Balaban J connectivity index is 2.07. The van der Waals surface area contributed by atoms with Gasteiger partial charge in [0.1, 0.15) is 11.4 Å². The topological polar surface area (TPSA) is 106 Å². The number of aromatic nitrogens is 1. The largest absolute Gasteiger partial charge is 0.534 e. The maximum atomic E-state index is 12.7. The number of benzene rings is 2. The van der Waals surface area contributed by atoms with Crippen LogP contribution in [0.15, 0.2) is 48.5 Å². The summed E-state index contributed by atoms with van der Waals surface area (Å²) in [6, 6.07) is 10.5. The first-order chi connectivity index (χ1) is 13.5. The SMILES string of the molecule is O=C(Nc1cccc(O)c1)c1cc2cc(Cl)ccc2c(OS(=O)(=O)C(F)(F)F)n1. The number of halogens is 4. The van der Waals surface area contributed by atoms with Crippen LogP contribution in [0.4, 0.5) is 18.9 Å². The van der Waals surface area contributed by atoms with Crippen molar-refractivity contribution in [3.63, 3.8) is 0 Å². The van der Waals surface area contributed by atoms with Gasteiger partial charge in [-0.1, -0.05) is 17.7 Å². The molecule has 3 rings (SSSR count). The lowest BCUT2D eigenvalue weighted by molar-refractivity contribution is -0.0500. The molecule has 0 bridgehead atoms. The van der Waals surface area contributed by atoms with Crippen LogP contribution in [0.5, 0.6) is 11.6 Å². The number of alkyl halides is 3. The predicted molar refractivity (Wildman–Crippen MR) is 98.4 cm³/mol. The van der Waals surface area contributed by atoms with E-state index in [1.54, 1.807) is 0 Å². The second kappa shape index (κ2) is 7.41. The number of phenols is 1. The van der Waals surface area contributed by atoms with E-state index in [-0.39, 0.29) is 27.2 Å². The maximum Gasteiger partial charge on any atom is 0.534 e. The summed E-state index contributed by atoms with van der Waals surface area (Å²) < 4.78 is 65.1. The van der Waals surface area contributed by atoms with Gasteiger partial charge in [0.25, 0.3) is 5.91 Å². The molecule has 152 valence electrons. The average molecular weight is 447 g/mol. The van der Waals surface area contributed by atoms with Crippen LogP contribution in [-0.2, 0) is 10.1 Å². The van der Waals surface area contributed by atoms with Crippen LogP contribution >= 0.6 is 11.6 Å². The molecular formula is C17H10ClF3N2O5S. The normalized spacial score (nSPS) is 12.0. The predicted octanol–water partition coefficient (Wildman–Crippen LogP) is 4.07. The monoisotopic (exact) mass is 446 g/mol. The van der Waals surface area contributed by atoms with Gasteiger partial charge in [-0.2, -0.15) is 21.6 Å². The first kappa shape index (κ1) is 20.7. The number of hydrogen-bond donors (Lipinski definition) is 2. The molecule has 1 heterocycles. The summed E-state index contributed by atoms with van der Waals surface area (Å²) in [6.07, 6.45) is 0. The molecular weight excluding hydrogens is 437 g/mol. The van der Waals surface area contributed by atoms with Crippen molar-refractivity contribution < 1.29 is 35.7 Å². The molecule has 2 aromatic carbocycles. The summed E-state index contributed by atoms with van der Waals surface area (Å²) in [7, 11) is -6.02. The van der Waals surface area contributed by atoms with Gasteiger partial charge in [0, 0.05) is 22.2 Å². The van der Waals surface area contributed by atoms with Crippen molar-refractivity contribution in [1.82, 2.24) is 4.98 Å². The quantitative estimate of drug-likeness (QED) is 0.462. The highest BCUT2D eigenvalue weighted by molar-refractivity contribution is 7.88. The molecule has 0 spiro atoms. The van der Waals surface area contributed by atoms with Crippen LogP contribution < -0.4 is 9.50 Å². The minimum absolute atomic E-state index is 0.101. The van der Waals surface area contributed by atoms with Gasteiger partial charge in [-0.15, -0.1) is 0 Å². The fourth-order valence-corrected chi connectivity index (χ4v) is 2.92. The molecule has 1 amide bonds. The Hall–Kier alpha value is -3.05. The molecule has 0 fully saturated rings. The van der Waals surface area contributed by atoms with E-state index in [0.29, 0.717) is 0 Å². The highest BCUT2D eigenvalue weighted by atomic mass is 35.5. The third-order valence-corrected chi connectivity index (χ3v) is 4.75. The number of hydrogen-bond acceptors (Lipinski definition) is 6. The van der Waals surface area contributed by atoms with Crippen molar-refractivity contribution in [1.29, 1.82) is 0 Å². The molecule has 1 aromatic heterocycles. The Morgan fingerprint density at radius 2 is 1.86 bits per heavy atom. The number of amides is 1. The first-order valence-corrected chi connectivity index (χ1v) is 9.46. The number of nitrogens with zero attached hydrogens (tertiary/aromatic N) is 1. The van der Waals surface area contributed by atoms with Gasteiger partial charge in [0.2, 0.25) is 5.88 Å². The van der Waals surface area contributed by atoms with Gasteiger partial charge in [0.15, 0.2) is 0 Å². The number of aromatic hydroxyl groups is 1. The van der Waals surface area contributed by atoms with E-state index >= 15 is 0 Å². The Morgan fingerprint density at radius 3 is 2.52 bits per heavy atom. The number of anilines is 1. The summed E-state index contributed by atoms with van der Waals surface area (Å²) in [5.74, 6) is -1.95. The first-order valence-electron chi connectivity index (χ1n) is 7.68. The molecule has 0 aliphatic rings. The van der Waals surface area contributed by atoms with E-state index in [4.69, 9.17) is 11.6 Å². The summed E-state index contributed by atoms with van der Waals surface area (Å²) in [6.45, 7) is 0. The molecule has 29 heavy (non-hydrogen) atoms. The summed E-state index contributed by atoms with van der Waals surface area (Å²) in [4.78, 5) is 16.1. The number of nitrogens with one attached hydrogen (secondary N) is 1. The van der Waals surface area contributed by atoms with Crippen LogP contribution in [0, 0.1) is 0 Å². The van der Waals surface area contributed by atoms with E-state index in [1.165, 1.54) is 48.5 Å². The highest BCUT2D eigenvalue weighted by Crippen LogP contribution is 2.32. The van der Waals surface area contributed by atoms with E-state index in [0.717, 1.165) is 0 Å². The van der Waals surface area contributed by atoms with Crippen molar-refractivity contribution in [2.45, 2.75) is 5.51 Å². The molecule has 7 nitrogen and oxygen atoms in total. The lowest BCUT2D eigenvalue weighted by atomic mass is 10.1. The number of rotatable bonds is 4. The smallest absolute Gasteiger partial charge is 0.508 e. The van der Waals surface area contributed by atoms with E-state index in [9.17, 15) is 31.5 Å². The third-order valence-electron chi connectivity index (χ3n) is 3.57. The van der Waals surface area contributed by atoms with Crippen LogP contribution in [0.25, 0.3) is 10.8 Å². The summed E-state index contributed by atoms with van der Waals surface area (Å²) in [5, 5.41) is 12.0. The van der Waals surface area contributed by atoms with Gasteiger partial charge >= 0.3 is 15.6 Å². The number of fused-ring (bicyclic) bond motifs is 1. The minimum atomic E-state index is -6.02. The summed E-state index contributed by atoms with van der Waals surface area (Å²) in [5.41, 5.74) is -5.95. The van der Waals surface area contributed by atoms with E-state index < -0.39 is 33.1 Å². The standard InChI is InChI=1S/C17H10ClF3N2O5S/c18-10-4-5-13-9(6-10)7-14(15(25)22-11-2-1-3-12(24)8-11)23-16(13)28-29(26,27)17(19,20)21/h1-8,24H,(H,22,25). The molecule has 0 saturated heterocycles. The van der Waals surface area contributed by atoms with Crippen LogP contribution in [0.3, 0.4) is 0 Å². The molecule has 2 N–H and O–H groups in total. The second-order valence-corrected chi connectivity index (χ2v) is 7.64. The number of pyridine rings is 1. The maximum absolute atomic E-state index is 12.7. The van der Waals surface area contributed by atoms with Gasteiger partial charge in [0.05, 0.1) is 0 Å². The number of carbonyl (C=O) groups excluding carboxylic acids is 1. The van der Waals surface area contributed by atoms with E-state index in [1.807, 2.05) is 0 Å². The zero-order chi connectivity index (χ0) is 21.4. The van der Waals surface area contributed by atoms with E-state index in [2.05, 4.69) is 14.5 Å². The molecule has 0 unspecified atom stereocenters. The van der Waals surface area contributed by atoms with Crippen molar-refractivity contribution in [2.75, 3.05) is 5.32 Å². The fourth-order valence-electron chi connectivity index (χ4n) is 2.31. The Morgan fingerprint density at radius 1 is 1.14 bits per heavy atom. The summed E-state index contributed by atoms with van der Waals surface area (Å²) >= 11 is 5.87. The van der Waals surface area contributed by atoms with Crippen molar-refractivity contribution in [3.8, 4) is 11.6 Å². The lowest BCUT2D eigenvalue weighted by Gasteiger charge is -2.12. The zero-order valence-corrected chi connectivity index (χ0v) is 15.6. The van der Waals surface area contributed by atoms with Gasteiger partial charge < -0.3 is 14.6 Å². The third kappa shape index (κ3) is 4.51. The molecule has 0 radical (unpaired) electrons. The average Bonchev–Trinajstić information content (AvgIpc) is 2.59. The Labute approximate surface area is 166 Å². The minimum Gasteiger partial charge on any atom is -0.508 e. The zero-order valence-electron chi connectivity index (χ0n) is 14.1. The van der Waals surface area contributed by atoms with Gasteiger partial charge in [-0.25, -0.2) is 4.98 Å². The van der Waals surface area contributed by atoms with Crippen molar-refractivity contribution >= 4 is 44.1 Å². The Kier molecular flexibility index (Phi) is 5.28. The van der Waals surface area contributed by atoms with Crippen LogP contribution in [0.2, 0.25) is 5.02 Å². The molecule has 0 saturated carbocycles. The molecule has 12 heteroatoms. The van der Waals surface area contributed by atoms with Crippen LogP contribution in [0.1, 0.15) is 10.5 Å². The second-order valence-electron chi connectivity index (χ2n) is 5.67. The Bertz CT molecular complexity index is 1220. The fraction of sp³-hybridized carbons (Fsp3) is 0.0588. The van der Waals surface area contributed by atoms with Crippen molar-refractivity contribution in [2.24, 2.45) is 0 Å². The molecule has 3 aromatic rings. The highest BCUT2D eigenvalue weighted by Gasteiger charge is 2.49. The lowest BCUT2D eigenvalue weighted by Crippen LogP contribution is -2.28. The van der Waals surface area contributed by atoms with Crippen molar-refractivity contribution in [3.05, 3.63) is 59.2 Å².